The molecule has 0 saturated heterocycles. The molecule has 0 spiro atoms. The van der Waals surface area contributed by atoms with Crippen LogP contribution in [0.2, 0.25) is 10.0 Å². The number of nitro benzene ring substituents is 1. The molecule has 0 unspecified atom stereocenters. The quantitative estimate of drug-likeness (QED) is 0.669. The largest absolute Gasteiger partial charge is 0.454 e. The molecule has 0 amide bonds. The predicted octanol–water partition coefficient (Wildman–Crippen LogP) is 4.29. The Labute approximate surface area is 129 Å². The number of ether oxygens (including phenoxy) is 1. The molecule has 0 bridgehead atoms. The average molecular weight is 331 g/mol. The normalized spacial score (nSPS) is 10.5. The second-order valence-electron chi connectivity index (χ2n) is 4.05. The van der Waals surface area contributed by atoms with E-state index in [1.165, 1.54) is 18.2 Å². The van der Waals surface area contributed by atoms with E-state index in [1.54, 1.807) is 0 Å². The van der Waals surface area contributed by atoms with Gasteiger partial charge in [0, 0.05) is 24.2 Å². The fraction of sp³-hybridized carbons (Fsp3) is 0.0769. The minimum atomic E-state index is -0.620. The third-order valence-electron chi connectivity index (χ3n) is 2.65. The summed E-state index contributed by atoms with van der Waals surface area (Å²) in [5, 5.41) is 10.6. The Morgan fingerprint density at radius 1 is 1.24 bits per heavy atom. The molecule has 2 aromatic rings. The molecular weight excluding hydrogens is 322 g/mol. The van der Waals surface area contributed by atoms with E-state index in [4.69, 9.17) is 33.7 Å². The molecule has 2 N–H and O–H groups in total. The Kier molecular flexibility index (Phi) is 4.62. The summed E-state index contributed by atoms with van der Waals surface area (Å²) >= 11 is 11.9. The van der Waals surface area contributed by atoms with E-state index in [9.17, 15) is 14.5 Å². The second-order valence-corrected chi connectivity index (χ2v) is 4.87. The number of non-ortho nitro benzene ring substituents is 1. The minimum absolute atomic E-state index is 0.0264. The van der Waals surface area contributed by atoms with Crippen molar-refractivity contribution in [2.75, 3.05) is 0 Å². The van der Waals surface area contributed by atoms with Crippen molar-refractivity contribution in [1.82, 2.24) is 0 Å². The highest BCUT2D eigenvalue weighted by atomic mass is 35.5. The highest BCUT2D eigenvalue weighted by Crippen LogP contribution is 2.40. The van der Waals surface area contributed by atoms with Gasteiger partial charge in [-0.2, -0.15) is 0 Å². The van der Waals surface area contributed by atoms with Crippen LogP contribution < -0.4 is 10.5 Å². The van der Waals surface area contributed by atoms with Gasteiger partial charge < -0.3 is 10.5 Å². The molecule has 0 saturated carbocycles. The smallest absolute Gasteiger partial charge is 0.272 e. The van der Waals surface area contributed by atoms with Crippen LogP contribution in [-0.4, -0.2) is 4.92 Å². The molecule has 0 aliphatic rings. The first-order valence-electron chi connectivity index (χ1n) is 5.72. The molecule has 0 atom stereocenters. The van der Waals surface area contributed by atoms with E-state index in [2.05, 4.69) is 0 Å². The molecule has 0 fully saturated rings. The number of nitrogens with zero attached hydrogens (tertiary/aromatic N) is 1. The highest BCUT2D eigenvalue weighted by molar-refractivity contribution is 6.37. The first-order chi connectivity index (χ1) is 9.92. The summed E-state index contributed by atoms with van der Waals surface area (Å²) in [5.41, 5.74) is 5.67. The zero-order valence-corrected chi connectivity index (χ0v) is 12.0. The fourth-order valence-corrected chi connectivity index (χ4v) is 2.22. The molecule has 2 aromatic carbocycles. The van der Waals surface area contributed by atoms with Gasteiger partial charge in [0.25, 0.3) is 5.69 Å². The summed E-state index contributed by atoms with van der Waals surface area (Å²) < 4.78 is 18.7. The van der Waals surface area contributed by atoms with E-state index in [0.717, 1.165) is 12.1 Å². The zero-order valence-electron chi connectivity index (χ0n) is 10.5. The van der Waals surface area contributed by atoms with Crippen LogP contribution in [0.3, 0.4) is 0 Å². The maximum absolute atomic E-state index is 13.1. The van der Waals surface area contributed by atoms with Gasteiger partial charge in [-0.3, -0.25) is 10.1 Å². The molecule has 21 heavy (non-hydrogen) atoms. The number of hydrogen-bond donors (Lipinski definition) is 1. The van der Waals surface area contributed by atoms with Crippen LogP contribution in [0.1, 0.15) is 5.56 Å². The Bertz CT molecular complexity index is 687. The number of nitro groups is 1. The van der Waals surface area contributed by atoms with Gasteiger partial charge in [0.2, 0.25) is 0 Å². The van der Waals surface area contributed by atoms with Crippen molar-refractivity contribution in [2.24, 2.45) is 5.73 Å². The first-order valence-corrected chi connectivity index (χ1v) is 6.47. The monoisotopic (exact) mass is 330 g/mol. The molecule has 0 aliphatic heterocycles. The van der Waals surface area contributed by atoms with Crippen LogP contribution in [0.4, 0.5) is 10.1 Å². The number of benzene rings is 2. The lowest BCUT2D eigenvalue weighted by atomic mass is 10.2. The van der Waals surface area contributed by atoms with Gasteiger partial charge in [0.05, 0.1) is 15.0 Å². The van der Waals surface area contributed by atoms with Gasteiger partial charge in [-0.1, -0.05) is 23.2 Å². The van der Waals surface area contributed by atoms with E-state index in [-0.39, 0.29) is 33.8 Å². The number of hydrogen-bond acceptors (Lipinski definition) is 4. The average Bonchev–Trinajstić information content (AvgIpc) is 2.43. The van der Waals surface area contributed by atoms with Crippen molar-refractivity contribution in [1.29, 1.82) is 0 Å². The zero-order chi connectivity index (χ0) is 15.6. The van der Waals surface area contributed by atoms with Gasteiger partial charge in [0.1, 0.15) is 11.6 Å². The lowest BCUT2D eigenvalue weighted by molar-refractivity contribution is -0.384. The summed E-state index contributed by atoms with van der Waals surface area (Å²) in [5.74, 6) is -0.134. The number of rotatable bonds is 4. The standard InChI is InChI=1S/C13H9Cl2FN2O3/c14-10-4-9(18(19)20)5-11(15)13(10)21-12-2-1-8(16)3-7(12)6-17/h1-5H,6,17H2. The van der Waals surface area contributed by atoms with Gasteiger partial charge in [0.15, 0.2) is 5.75 Å². The summed E-state index contributed by atoms with van der Waals surface area (Å²) in [6, 6.07) is 6.04. The van der Waals surface area contributed by atoms with Crippen molar-refractivity contribution >= 4 is 28.9 Å². The molecular formula is C13H9Cl2FN2O3. The maximum atomic E-state index is 13.1. The Hall–Kier alpha value is -1.89. The molecule has 8 heteroatoms. The summed E-state index contributed by atoms with van der Waals surface area (Å²) in [4.78, 5) is 10.1. The van der Waals surface area contributed by atoms with E-state index >= 15 is 0 Å². The molecule has 110 valence electrons. The van der Waals surface area contributed by atoms with Gasteiger partial charge in [-0.15, -0.1) is 0 Å². The summed E-state index contributed by atoms with van der Waals surface area (Å²) in [6.07, 6.45) is 0. The van der Waals surface area contributed by atoms with Crippen LogP contribution in [0.25, 0.3) is 0 Å². The Morgan fingerprint density at radius 2 is 1.86 bits per heavy atom. The molecule has 0 aromatic heterocycles. The van der Waals surface area contributed by atoms with Crippen molar-refractivity contribution in [3.8, 4) is 11.5 Å². The molecule has 2 rings (SSSR count). The molecule has 0 aliphatic carbocycles. The third kappa shape index (κ3) is 3.41. The second kappa shape index (κ2) is 6.26. The van der Waals surface area contributed by atoms with Gasteiger partial charge in [-0.25, -0.2) is 4.39 Å². The molecule has 0 heterocycles. The van der Waals surface area contributed by atoms with Crippen LogP contribution in [0.5, 0.6) is 11.5 Å². The van der Waals surface area contributed by atoms with Crippen LogP contribution >= 0.6 is 23.2 Å². The van der Waals surface area contributed by atoms with Crippen molar-refractivity contribution < 1.29 is 14.1 Å². The predicted molar refractivity (Wildman–Crippen MR) is 77.5 cm³/mol. The van der Waals surface area contributed by atoms with Crippen LogP contribution in [0.15, 0.2) is 30.3 Å². The Balaban J connectivity index is 2.43. The Morgan fingerprint density at radius 3 is 2.38 bits per heavy atom. The van der Waals surface area contributed by atoms with E-state index in [1.807, 2.05) is 0 Å². The number of halogens is 3. The lowest BCUT2D eigenvalue weighted by Gasteiger charge is -2.12. The van der Waals surface area contributed by atoms with E-state index in [0.29, 0.717) is 5.56 Å². The van der Waals surface area contributed by atoms with Crippen LogP contribution in [-0.2, 0) is 6.54 Å². The fourth-order valence-electron chi connectivity index (χ4n) is 1.67. The van der Waals surface area contributed by atoms with E-state index < -0.39 is 10.7 Å². The van der Waals surface area contributed by atoms with Crippen molar-refractivity contribution in [3.63, 3.8) is 0 Å². The van der Waals surface area contributed by atoms with Crippen molar-refractivity contribution in [3.05, 3.63) is 61.9 Å². The van der Waals surface area contributed by atoms with Gasteiger partial charge in [-0.05, 0) is 18.2 Å². The number of nitrogens with two attached hydrogens (primary N) is 1. The highest BCUT2D eigenvalue weighted by Gasteiger charge is 2.17. The first kappa shape index (κ1) is 15.5. The SMILES string of the molecule is NCc1cc(F)ccc1Oc1c(Cl)cc([N+](=O)[O-])cc1Cl. The molecule has 5 nitrogen and oxygen atoms in total. The molecule has 0 radical (unpaired) electrons. The van der Waals surface area contributed by atoms with Crippen molar-refractivity contribution in [2.45, 2.75) is 6.54 Å². The summed E-state index contributed by atoms with van der Waals surface area (Å²) in [6.45, 7) is 0.0509. The third-order valence-corrected chi connectivity index (χ3v) is 3.21. The summed E-state index contributed by atoms with van der Waals surface area (Å²) in [7, 11) is 0. The van der Waals surface area contributed by atoms with Crippen LogP contribution in [0, 0.1) is 15.9 Å². The maximum Gasteiger partial charge on any atom is 0.272 e. The minimum Gasteiger partial charge on any atom is -0.454 e. The lowest BCUT2D eigenvalue weighted by Crippen LogP contribution is -2.01. The topological polar surface area (TPSA) is 78.4 Å². The van der Waals surface area contributed by atoms with Gasteiger partial charge >= 0.3 is 0 Å².